The van der Waals surface area contributed by atoms with Crippen molar-refractivity contribution in [2.24, 2.45) is 11.8 Å². The molecule has 0 saturated heterocycles. The summed E-state index contributed by atoms with van der Waals surface area (Å²) in [5, 5.41) is 5.98. The zero-order valence-corrected chi connectivity index (χ0v) is 12.3. The summed E-state index contributed by atoms with van der Waals surface area (Å²) in [5.41, 5.74) is 1.04. The fraction of sp³-hybridized carbons (Fsp3) is 0.562. The zero-order chi connectivity index (χ0) is 14.4. The molecule has 0 aromatic heterocycles. The lowest BCUT2D eigenvalue weighted by Gasteiger charge is -2.14. The Bertz CT molecular complexity index is 444. The van der Waals surface area contributed by atoms with Crippen molar-refractivity contribution in [2.75, 3.05) is 20.2 Å². The largest absolute Gasteiger partial charge is 0.493 e. The maximum atomic E-state index is 11.9. The first-order valence-corrected chi connectivity index (χ1v) is 7.33. The number of amides is 1. The minimum absolute atomic E-state index is 0.0282. The Balaban J connectivity index is 1.86. The Morgan fingerprint density at radius 3 is 2.85 bits per heavy atom. The fourth-order valence-electron chi connectivity index (χ4n) is 2.04. The van der Waals surface area contributed by atoms with Gasteiger partial charge in [-0.2, -0.15) is 0 Å². The lowest BCUT2D eigenvalue weighted by atomic mass is 10.1. The van der Waals surface area contributed by atoms with Crippen LogP contribution in [0.4, 0.5) is 0 Å². The van der Waals surface area contributed by atoms with Crippen LogP contribution in [0.15, 0.2) is 24.3 Å². The summed E-state index contributed by atoms with van der Waals surface area (Å²) in [6.07, 6.45) is 2.56. The van der Waals surface area contributed by atoms with E-state index in [0.29, 0.717) is 13.1 Å². The van der Waals surface area contributed by atoms with Gasteiger partial charge >= 0.3 is 0 Å². The maximum Gasteiger partial charge on any atom is 0.224 e. The first-order valence-electron chi connectivity index (χ1n) is 7.33. The molecule has 1 aromatic carbocycles. The average Bonchev–Trinajstić information content (AvgIpc) is 3.27. The molecule has 1 unspecified atom stereocenters. The normalized spacial score (nSPS) is 15.7. The molecule has 0 heterocycles. The fourth-order valence-corrected chi connectivity index (χ4v) is 2.04. The Morgan fingerprint density at radius 2 is 2.15 bits per heavy atom. The monoisotopic (exact) mass is 276 g/mol. The number of carbonyl (C=O) groups excluding carboxylic acids is 1. The van der Waals surface area contributed by atoms with Crippen molar-refractivity contribution in [3.8, 4) is 5.75 Å². The second-order valence-electron chi connectivity index (χ2n) is 5.54. The van der Waals surface area contributed by atoms with E-state index in [2.05, 4.69) is 10.6 Å². The van der Waals surface area contributed by atoms with Crippen LogP contribution in [-0.4, -0.2) is 26.1 Å². The number of benzene rings is 1. The van der Waals surface area contributed by atoms with E-state index >= 15 is 0 Å². The smallest absolute Gasteiger partial charge is 0.224 e. The van der Waals surface area contributed by atoms with Crippen molar-refractivity contribution in [1.82, 2.24) is 10.6 Å². The Labute approximate surface area is 120 Å². The summed E-state index contributed by atoms with van der Waals surface area (Å²) < 4.78 is 5.84. The molecule has 0 spiro atoms. The predicted octanol–water partition coefficient (Wildman–Crippen LogP) is 1.95. The molecule has 0 aliphatic heterocycles. The van der Waals surface area contributed by atoms with Crippen molar-refractivity contribution in [1.29, 1.82) is 0 Å². The number of rotatable bonds is 8. The van der Waals surface area contributed by atoms with E-state index in [1.807, 2.05) is 38.2 Å². The van der Waals surface area contributed by atoms with Gasteiger partial charge in [-0.15, -0.1) is 0 Å². The highest BCUT2D eigenvalue weighted by molar-refractivity contribution is 5.78. The van der Waals surface area contributed by atoms with Gasteiger partial charge in [0, 0.05) is 24.6 Å². The number of hydrogen-bond donors (Lipinski definition) is 2. The van der Waals surface area contributed by atoms with Gasteiger partial charge < -0.3 is 15.4 Å². The summed E-state index contributed by atoms with van der Waals surface area (Å²) in [4.78, 5) is 11.9. The summed E-state index contributed by atoms with van der Waals surface area (Å²) in [7, 11) is 1.85. The number of ether oxygens (including phenoxy) is 1. The van der Waals surface area contributed by atoms with Gasteiger partial charge in [0.15, 0.2) is 0 Å². The van der Waals surface area contributed by atoms with Gasteiger partial charge in [0.2, 0.25) is 5.91 Å². The summed E-state index contributed by atoms with van der Waals surface area (Å²) >= 11 is 0. The van der Waals surface area contributed by atoms with E-state index in [-0.39, 0.29) is 11.8 Å². The van der Waals surface area contributed by atoms with Gasteiger partial charge in [-0.05, 0) is 31.9 Å². The molecule has 1 aliphatic carbocycles. The van der Waals surface area contributed by atoms with E-state index in [9.17, 15) is 4.79 Å². The van der Waals surface area contributed by atoms with Crippen LogP contribution in [0.2, 0.25) is 0 Å². The third-order valence-corrected chi connectivity index (χ3v) is 3.56. The van der Waals surface area contributed by atoms with Crippen LogP contribution in [-0.2, 0) is 11.3 Å². The summed E-state index contributed by atoms with van der Waals surface area (Å²) in [6, 6.07) is 7.92. The zero-order valence-electron chi connectivity index (χ0n) is 12.3. The molecule has 1 aliphatic rings. The molecule has 2 N–H and O–H groups in total. The lowest BCUT2D eigenvalue weighted by molar-refractivity contribution is -0.124. The number of para-hydroxylation sites is 1. The van der Waals surface area contributed by atoms with E-state index in [1.165, 1.54) is 12.8 Å². The molecule has 4 heteroatoms. The molecular weight excluding hydrogens is 252 g/mol. The minimum atomic E-state index is -0.0282. The van der Waals surface area contributed by atoms with Crippen LogP contribution in [0, 0.1) is 11.8 Å². The number of carbonyl (C=O) groups is 1. The highest BCUT2D eigenvalue weighted by Crippen LogP contribution is 2.30. The van der Waals surface area contributed by atoms with E-state index in [0.717, 1.165) is 23.8 Å². The molecular formula is C16H24N2O2. The molecule has 0 bridgehead atoms. The molecule has 1 saturated carbocycles. The Morgan fingerprint density at radius 1 is 1.40 bits per heavy atom. The number of hydrogen-bond acceptors (Lipinski definition) is 3. The van der Waals surface area contributed by atoms with Crippen LogP contribution in [0.3, 0.4) is 0 Å². The van der Waals surface area contributed by atoms with E-state index in [4.69, 9.17) is 4.74 Å². The van der Waals surface area contributed by atoms with E-state index < -0.39 is 0 Å². The highest BCUT2D eigenvalue weighted by Gasteiger charge is 2.22. The molecule has 110 valence electrons. The minimum Gasteiger partial charge on any atom is -0.493 e. The number of nitrogens with one attached hydrogen (secondary N) is 2. The van der Waals surface area contributed by atoms with Crippen molar-refractivity contribution in [3.63, 3.8) is 0 Å². The molecule has 2 rings (SSSR count). The van der Waals surface area contributed by atoms with Crippen LogP contribution >= 0.6 is 0 Å². The van der Waals surface area contributed by atoms with E-state index in [1.54, 1.807) is 0 Å². The van der Waals surface area contributed by atoms with Crippen molar-refractivity contribution in [2.45, 2.75) is 26.3 Å². The van der Waals surface area contributed by atoms with Crippen LogP contribution in [0.1, 0.15) is 25.3 Å². The molecule has 20 heavy (non-hydrogen) atoms. The van der Waals surface area contributed by atoms with Crippen LogP contribution < -0.4 is 15.4 Å². The molecule has 4 nitrogen and oxygen atoms in total. The van der Waals surface area contributed by atoms with Crippen molar-refractivity contribution in [3.05, 3.63) is 29.8 Å². The highest BCUT2D eigenvalue weighted by atomic mass is 16.5. The Hall–Kier alpha value is -1.55. The van der Waals surface area contributed by atoms with Gasteiger partial charge in [-0.3, -0.25) is 4.79 Å². The van der Waals surface area contributed by atoms with Crippen LogP contribution in [0.5, 0.6) is 5.75 Å². The van der Waals surface area contributed by atoms with Gasteiger partial charge in [-0.25, -0.2) is 0 Å². The lowest BCUT2D eigenvalue weighted by Crippen LogP contribution is -2.34. The quantitative estimate of drug-likeness (QED) is 0.763. The molecule has 1 atom stereocenters. The summed E-state index contributed by atoms with van der Waals surface area (Å²) in [5.74, 6) is 1.66. The van der Waals surface area contributed by atoms with Crippen molar-refractivity contribution < 1.29 is 9.53 Å². The van der Waals surface area contributed by atoms with Gasteiger partial charge in [0.1, 0.15) is 5.75 Å². The second kappa shape index (κ2) is 7.29. The topological polar surface area (TPSA) is 50.4 Å². The molecule has 1 amide bonds. The molecule has 1 aromatic rings. The molecule has 1 fully saturated rings. The third-order valence-electron chi connectivity index (χ3n) is 3.56. The first kappa shape index (κ1) is 14.9. The van der Waals surface area contributed by atoms with Gasteiger partial charge in [0.05, 0.1) is 6.61 Å². The molecule has 0 radical (unpaired) electrons. The van der Waals surface area contributed by atoms with Gasteiger partial charge in [-0.1, -0.05) is 25.1 Å². The Kier molecular flexibility index (Phi) is 5.41. The third kappa shape index (κ3) is 4.53. The van der Waals surface area contributed by atoms with Crippen molar-refractivity contribution >= 4 is 5.91 Å². The second-order valence-corrected chi connectivity index (χ2v) is 5.54. The van der Waals surface area contributed by atoms with Gasteiger partial charge in [0.25, 0.3) is 0 Å². The standard InChI is InChI=1S/C16H24N2O2/c1-12(9-17-2)16(19)18-10-14-5-3-4-6-15(14)20-11-13-7-8-13/h3-6,12-13,17H,7-11H2,1-2H3,(H,18,19). The maximum absolute atomic E-state index is 11.9. The average molecular weight is 276 g/mol. The first-order chi connectivity index (χ1) is 9.70. The SMILES string of the molecule is CNCC(C)C(=O)NCc1ccccc1OCC1CC1. The summed E-state index contributed by atoms with van der Waals surface area (Å²) in [6.45, 7) is 3.92. The van der Waals surface area contributed by atoms with Crippen LogP contribution in [0.25, 0.3) is 0 Å². The predicted molar refractivity (Wildman–Crippen MR) is 79.6 cm³/mol.